The third-order valence-corrected chi connectivity index (χ3v) is 3.36. The second-order valence-electron chi connectivity index (χ2n) is 5.12. The maximum Gasteiger partial charge on any atom is 0.305 e. The van der Waals surface area contributed by atoms with Gasteiger partial charge in [0, 0.05) is 18.5 Å². The molecule has 0 aromatic carbocycles. The summed E-state index contributed by atoms with van der Waals surface area (Å²) < 4.78 is 0. The second-order valence-corrected chi connectivity index (χ2v) is 5.12. The molecule has 98 valence electrons. The molecule has 0 aromatic rings. The molecule has 4 heteroatoms. The quantitative estimate of drug-likeness (QED) is 0.803. The average Bonchev–Trinajstić information content (AvgIpc) is 2.30. The maximum atomic E-state index is 12.1. The maximum absolute atomic E-state index is 12.1. The first-order valence-corrected chi connectivity index (χ1v) is 6.54. The zero-order chi connectivity index (χ0) is 12.8. The molecular formula is C13H23NO3. The Morgan fingerprint density at radius 2 is 1.82 bits per heavy atom. The molecule has 1 amide bonds. The van der Waals surface area contributed by atoms with Crippen LogP contribution in [-0.4, -0.2) is 34.5 Å². The molecule has 1 saturated carbocycles. The Bertz CT molecular complexity index is 270. The molecule has 4 nitrogen and oxygen atoms in total. The number of hydrogen-bond acceptors (Lipinski definition) is 2. The van der Waals surface area contributed by atoms with Crippen molar-refractivity contribution in [2.45, 2.75) is 58.4 Å². The fourth-order valence-electron chi connectivity index (χ4n) is 2.41. The number of hydrogen-bond donors (Lipinski definition) is 1. The molecule has 0 spiro atoms. The summed E-state index contributed by atoms with van der Waals surface area (Å²) in [5.41, 5.74) is 0. The molecule has 0 radical (unpaired) electrons. The van der Waals surface area contributed by atoms with Gasteiger partial charge in [0.15, 0.2) is 0 Å². The van der Waals surface area contributed by atoms with Crippen LogP contribution in [0, 0.1) is 5.92 Å². The van der Waals surface area contributed by atoms with Crippen LogP contribution in [-0.2, 0) is 9.59 Å². The lowest BCUT2D eigenvalue weighted by atomic mass is 9.93. The van der Waals surface area contributed by atoms with E-state index in [2.05, 4.69) is 0 Å². The molecule has 0 aliphatic heterocycles. The first-order valence-electron chi connectivity index (χ1n) is 6.54. The summed E-state index contributed by atoms with van der Waals surface area (Å²) in [6.07, 6.45) is 5.64. The summed E-state index contributed by atoms with van der Waals surface area (Å²) in [7, 11) is 0. The van der Waals surface area contributed by atoms with Crippen LogP contribution in [0.4, 0.5) is 0 Å². The Morgan fingerprint density at radius 3 is 2.29 bits per heavy atom. The van der Waals surface area contributed by atoms with E-state index in [0.717, 1.165) is 25.7 Å². The summed E-state index contributed by atoms with van der Waals surface area (Å²) in [4.78, 5) is 24.5. The van der Waals surface area contributed by atoms with Crippen molar-refractivity contribution in [3.63, 3.8) is 0 Å². The largest absolute Gasteiger partial charge is 0.481 e. The van der Waals surface area contributed by atoms with E-state index in [1.54, 1.807) is 4.90 Å². The fraction of sp³-hybridized carbons (Fsp3) is 0.846. The lowest BCUT2D eigenvalue weighted by Crippen LogP contribution is -2.44. The molecule has 1 rings (SSSR count). The molecular weight excluding hydrogens is 218 g/mol. The van der Waals surface area contributed by atoms with Gasteiger partial charge in [-0.05, 0) is 12.8 Å². The molecule has 0 bridgehead atoms. The van der Waals surface area contributed by atoms with Gasteiger partial charge in [0.1, 0.15) is 0 Å². The Morgan fingerprint density at radius 1 is 1.24 bits per heavy atom. The van der Waals surface area contributed by atoms with Crippen molar-refractivity contribution in [3.8, 4) is 0 Å². The van der Waals surface area contributed by atoms with E-state index in [1.807, 2.05) is 13.8 Å². The third-order valence-electron chi connectivity index (χ3n) is 3.36. The fourth-order valence-corrected chi connectivity index (χ4v) is 2.41. The van der Waals surface area contributed by atoms with Crippen LogP contribution >= 0.6 is 0 Å². The summed E-state index contributed by atoms with van der Waals surface area (Å²) in [5, 5.41) is 8.74. The zero-order valence-electron chi connectivity index (χ0n) is 10.8. The van der Waals surface area contributed by atoms with Gasteiger partial charge in [0.2, 0.25) is 5.91 Å². The van der Waals surface area contributed by atoms with E-state index in [-0.39, 0.29) is 24.3 Å². The van der Waals surface area contributed by atoms with Crippen LogP contribution in [0.1, 0.15) is 52.4 Å². The van der Waals surface area contributed by atoms with E-state index < -0.39 is 5.97 Å². The number of amides is 1. The number of carbonyl (C=O) groups is 2. The topological polar surface area (TPSA) is 57.6 Å². The Hall–Kier alpha value is -1.06. The summed E-state index contributed by atoms with van der Waals surface area (Å²) in [6, 6.07) is 0.262. The number of carbonyl (C=O) groups excluding carboxylic acids is 1. The Labute approximate surface area is 103 Å². The Balaban J connectivity index is 2.62. The van der Waals surface area contributed by atoms with Gasteiger partial charge in [0.05, 0.1) is 6.42 Å². The number of carboxylic acid groups (broad SMARTS) is 1. The van der Waals surface area contributed by atoms with Crippen molar-refractivity contribution in [3.05, 3.63) is 0 Å². The van der Waals surface area contributed by atoms with E-state index in [1.165, 1.54) is 6.42 Å². The number of aliphatic carboxylic acids is 1. The minimum absolute atomic E-state index is 0.0503. The van der Waals surface area contributed by atoms with Gasteiger partial charge < -0.3 is 10.0 Å². The number of nitrogens with zero attached hydrogens (tertiary/aromatic N) is 1. The SMILES string of the molecule is CC(C)C(=O)N(CCC(=O)O)C1CCCCC1. The second kappa shape index (κ2) is 6.62. The van der Waals surface area contributed by atoms with Gasteiger partial charge in [-0.2, -0.15) is 0 Å². The van der Waals surface area contributed by atoms with Crippen LogP contribution in [0.15, 0.2) is 0 Å². The van der Waals surface area contributed by atoms with E-state index in [4.69, 9.17) is 5.11 Å². The average molecular weight is 241 g/mol. The van der Waals surface area contributed by atoms with Crippen molar-refractivity contribution < 1.29 is 14.7 Å². The van der Waals surface area contributed by atoms with Crippen molar-refractivity contribution in [1.29, 1.82) is 0 Å². The molecule has 0 aromatic heterocycles. The van der Waals surface area contributed by atoms with Gasteiger partial charge in [-0.1, -0.05) is 33.1 Å². The summed E-state index contributed by atoms with van der Waals surface area (Å²) in [5.74, 6) is -0.786. The Kier molecular flexibility index (Phi) is 5.45. The van der Waals surface area contributed by atoms with Crippen molar-refractivity contribution in [2.75, 3.05) is 6.54 Å². The highest BCUT2D eigenvalue weighted by Gasteiger charge is 2.26. The molecule has 0 heterocycles. The lowest BCUT2D eigenvalue weighted by molar-refractivity contribution is -0.141. The molecule has 1 N–H and O–H groups in total. The highest BCUT2D eigenvalue weighted by atomic mass is 16.4. The van der Waals surface area contributed by atoms with Crippen molar-refractivity contribution in [1.82, 2.24) is 4.90 Å². The number of rotatable bonds is 5. The first-order chi connectivity index (χ1) is 8.02. The molecule has 1 aliphatic rings. The monoisotopic (exact) mass is 241 g/mol. The van der Waals surface area contributed by atoms with Gasteiger partial charge in [0.25, 0.3) is 0 Å². The predicted octanol–water partition coefficient (Wildman–Crippen LogP) is 2.28. The smallest absolute Gasteiger partial charge is 0.305 e. The first kappa shape index (κ1) is 14.0. The van der Waals surface area contributed by atoms with Crippen LogP contribution < -0.4 is 0 Å². The van der Waals surface area contributed by atoms with Crippen LogP contribution in [0.5, 0.6) is 0 Å². The molecule has 17 heavy (non-hydrogen) atoms. The van der Waals surface area contributed by atoms with Crippen LogP contribution in [0.3, 0.4) is 0 Å². The summed E-state index contributed by atoms with van der Waals surface area (Å²) >= 11 is 0. The van der Waals surface area contributed by atoms with Gasteiger partial charge in [-0.25, -0.2) is 0 Å². The van der Waals surface area contributed by atoms with Gasteiger partial charge >= 0.3 is 5.97 Å². The standard InChI is InChI=1S/C13H23NO3/c1-10(2)13(17)14(9-8-12(15)16)11-6-4-3-5-7-11/h10-11H,3-9H2,1-2H3,(H,15,16). The minimum atomic E-state index is -0.831. The van der Waals surface area contributed by atoms with E-state index in [0.29, 0.717) is 6.54 Å². The highest BCUT2D eigenvalue weighted by molar-refractivity contribution is 5.79. The van der Waals surface area contributed by atoms with E-state index >= 15 is 0 Å². The molecule has 0 unspecified atom stereocenters. The summed E-state index contributed by atoms with van der Waals surface area (Å²) in [6.45, 7) is 4.11. The highest BCUT2D eigenvalue weighted by Crippen LogP contribution is 2.24. The molecule has 0 atom stereocenters. The van der Waals surface area contributed by atoms with Crippen LogP contribution in [0.2, 0.25) is 0 Å². The zero-order valence-corrected chi connectivity index (χ0v) is 10.8. The predicted molar refractivity (Wildman–Crippen MR) is 65.7 cm³/mol. The minimum Gasteiger partial charge on any atom is -0.481 e. The van der Waals surface area contributed by atoms with Crippen LogP contribution in [0.25, 0.3) is 0 Å². The molecule has 0 saturated heterocycles. The normalized spacial score (nSPS) is 17.1. The van der Waals surface area contributed by atoms with Crippen molar-refractivity contribution >= 4 is 11.9 Å². The van der Waals surface area contributed by atoms with Gasteiger partial charge in [-0.15, -0.1) is 0 Å². The molecule has 1 aliphatic carbocycles. The van der Waals surface area contributed by atoms with Gasteiger partial charge in [-0.3, -0.25) is 9.59 Å². The van der Waals surface area contributed by atoms with Crippen molar-refractivity contribution in [2.24, 2.45) is 5.92 Å². The third kappa shape index (κ3) is 4.36. The molecule has 1 fully saturated rings. The lowest BCUT2D eigenvalue weighted by Gasteiger charge is -2.35. The van der Waals surface area contributed by atoms with E-state index in [9.17, 15) is 9.59 Å². The number of carboxylic acids is 1.